The van der Waals surface area contributed by atoms with Crippen molar-refractivity contribution in [2.24, 2.45) is 11.1 Å². The van der Waals surface area contributed by atoms with Crippen LogP contribution >= 0.6 is 23.7 Å². The first-order valence-corrected chi connectivity index (χ1v) is 9.02. The molecule has 1 aliphatic heterocycles. The molecule has 2 N–H and O–H groups in total. The van der Waals surface area contributed by atoms with Crippen LogP contribution in [0.1, 0.15) is 29.9 Å². The minimum absolute atomic E-state index is 0. The molecular formula is C19H25ClN2O2S. The van der Waals surface area contributed by atoms with Crippen molar-refractivity contribution in [2.75, 3.05) is 20.2 Å². The lowest BCUT2D eigenvalue weighted by atomic mass is 9.79. The smallest absolute Gasteiger partial charge is 0.267 e. The maximum absolute atomic E-state index is 13.0. The molecule has 3 rings (SSSR count). The van der Waals surface area contributed by atoms with E-state index in [1.54, 1.807) is 7.11 Å². The van der Waals surface area contributed by atoms with Gasteiger partial charge in [-0.25, -0.2) is 0 Å². The van der Waals surface area contributed by atoms with Crippen LogP contribution in [0.3, 0.4) is 0 Å². The highest BCUT2D eigenvalue weighted by Crippen LogP contribution is 2.38. The quantitative estimate of drug-likeness (QED) is 0.874. The minimum atomic E-state index is -0.0688. The number of ether oxygens (including phenoxy) is 1. The van der Waals surface area contributed by atoms with Crippen LogP contribution in [0.2, 0.25) is 0 Å². The summed E-state index contributed by atoms with van der Waals surface area (Å²) in [5, 5.41) is 0. The average Bonchev–Trinajstić information content (AvgIpc) is 3.01. The molecule has 1 unspecified atom stereocenters. The normalized spacial score (nSPS) is 19.2. The third-order valence-electron chi connectivity index (χ3n) is 4.77. The molecule has 1 amide bonds. The van der Waals surface area contributed by atoms with Crippen molar-refractivity contribution in [3.05, 3.63) is 41.3 Å². The van der Waals surface area contributed by atoms with Crippen LogP contribution in [-0.4, -0.2) is 37.0 Å². The first-order valence-electron chi connectivity index (χ1n) is 8.20. The molecule has 1 aromatic heterocycles. The summed E-state index contributed by atoms with van der Waals surface area (Å²) in [4.78, 5) is 16.7. The lowest BCUT2D eigenvalue weighted by Crippen LogP contribution is -2.53. The third-order valence-corrected chi connectivity index (χ3v) is 5.92. The topological polar surface area (TPSA) is 55.6 Å². The first-order chi connectivity index (χ1) is 11.4. The summed E-state index contributed by atoms with van der Waals surface area (Å²) in [5.41, 5.74) is 7.22. The summed E-state index contributed by atoms with van der Waals surface area (Å²) in [6.45, 7) is 5.62. The number of thiophene rings is 1. The number of hydrogen-bond acceptors (Lipinski definition) is 4. The Kier molecular flexibility index (Phi) is 6.14. The lowest BCUT2D eigenvalue weighted by molar-refractivity contribution is 0.0535. The summed E-state index contributed by atoms with van der Waals surface area (Å²) in [6, 6.07) is 12.2. The number of benzene rings is 1. The molecule has 1 atom stereocenters. The SMILES string of the molecule is COc1cc(-c2ccccc2)sc1C(=O)N1CCC(N)C(C)(C)C1.Cl. The molecule has 136 valence electrons. The molecule has 0 radical (unpaired) electrons. The summed E-state index contributed by atoms with van der Waals surface area (Å²) in [6.07, 6.45) is 0.831. The highest BCUT2D eigenvalue weighted by Gasteiger charge is 2.36. The van der Waals surface area contributed by atoms with E-state index in [0.717, 1.165) is 16.9 Å². The second kappa shape index (κ2) is 7.77. The molecule has 6 heteroatoms. The van der Waals surface area contributed by atoms with E-state index in [1.165, 1.54) is 11.3 Å². The Morgan fingerprint density at radius 3 is 2.60 bits per heavy atom. The van der Waals surface area contributed by atoms with Gasteiger partial charge in [-0.05, 0) is 23.5 Å². The molecule has 0 spiro atoms. The van der Waals surface area contributed by atoms with Gasteiger partial charge in [0, 0.05) is 24.0 Å². The number of halogens is 1. The number of piperidine rings is 1. The molecular weight excluding hydrogens is 356 g/mol. The Hall–Kier alpha value is -1.56. The first kappa shape index (κ1) is 19.8. The maximum atomic E-state index is 13.0. The molecule has 0 saturated carbocycles. The van der Waals surface area contributed by atoms with Crippen molar-refractivity contribution in [2.45, 2.75) is 26.3 Å². The Balaban J connectivity index is 0.00000225. The zero-order valence-corrected chi connectivity index (χ0v) is 16.5. The van der Waals surface area contributed by atoms with E-state index in [2.05, 4.69) is 13.8 Å². The van der Waals surface area contributed by atoms with E-state index in [9.17, 15) is 4.79 Å². The average molecular weight is 381 g/mol. The van der Waals surface area contributed by atoms with E-state index < -0.39 is 0 Å². The summed E-state index contributed by atoms with van der Waals surface area (Å²) >= 11 is 1.49. The molecule has 1 aliphatic rings. The van der Waals surface area contributed by atoms with Gasteiger partial charge in [-0.15, -0.1) is 23.7 Å². The van der Waals surface area contributed by atoms with E-state index in [1.807, 2.05) is 41.3 Å². The predicted molar refractivity (Wildman–Crippen MR) is 106 cm³/mol. The number of carbonyl (C=O) groups is 1. The maximum Gasteiger partial charge on any atom is 0.267 e. The van der Waals surface area contributed by atoms with Crippen LogP contribution in [0.5, 0.6) is 5.75 Å². The molecule has 0 aliphatic carbocycles. The van der Waals surface area contributed by atoms with Crippen LogP contribution in [-0.2, 0) is 0 Å². The lowest BCUT2D eigenvalue weighted by Gasteiger charge is -2.42. The number of likely N-dealkylation sites (tertiary alicyclic amines) is 1. The second-order valence-corrected chi connectivity index (χ2v) is 8.04. The van der Waals surface area contributed by atoms with Crippen LogP contribution in [0.25, 0.3) is 10.4 Å². The van der Waals surface area contributed by atoms with Gasteiger partial charge in [0.2, 0.25) is 0 Å². The zero-order valence-electron chi connectivity index (χ0n) is 14.8. The number of nitrogens with two attached hydrogens (primary N) is 1. The fraction of sp³-hybridized carbons (Fsp3) is 0.421. The number of nitrogens with zero attached hydrogens (tertiary/aromatic N) is 1. The Morgan fingerprint density at radius 2 is 2.00 bits per heavy atom. The van der Waals surface area contributed by atoms with Gasteiger partial charge >= 0.3 is 0 Å². The monoisotopic (exact) mass is 380 g/mol. The van der Waals surface area contributed by atoms with E-state index >= 15 is 0 Å². The van der Waals surface area contributed by atoms with Gasteiger partial charge in [0.15, 0.2) is 0 Å². The van der Waals surface area contributed by atoms with Crippen molar-refractivity contribution in [3.8, 4) is 16.2 Å². The van der Waals surface area contributed by atoms with E-state index in [0.29, 0.717) is 23.7 Å². The fourth-order valence-corrected chi connectivity index (χ4v) is 4.21. The van der Waals surface area contributed by atoms with Crippen molar-refractivity contribution < 1.29 is 9.53 Å². The van der Waals surface area contributed by atoms with Crippen LogP contribution in [0.15, 0.2) is 36.4 Å². The number of carbonyl (C=O) groups excluding carboxylic acids is 1. The minimum Gasteiger partial charge on any atom is -0.495 e. The van der Waals surface area contributed by atoms with Gasteiger partial charge in [-0.3, -0.25) is 4.79 Å². The van der Waals surface area contributed by atoms with Crippen LogP contribution in [0, 0.1) is 5.41 Å². The number of amides is 1. The van der Waals surface area contributed by atoms with Gasteiger partial charge in [0.1, 0.15) is 10.6 Å². The summed E-state index contributed by atoms with van der Waals surface area (Å²) in [5.74, 6) is 0.690. The summed E-state index contributed by atoms with van der Waals surface area (Å²) < 4.78 is 5.47. The molecule has 1 fully saturated rings. The predicted octanol–water partition coefficient (Wildman–Crippen LogP) is 4.04. The number of hydrogen-bond donors (Lipinski definition) is 1. The van der Waals surface area contributed by atoms with Gasteiger partial charge in [0.25, 0.3) is 5.91 Å². The van der Waals surface area contributed by atoms with Gasteiger partial charge in [0.05, 0.1) is 7.11 Å². The molecule has 2 aromatic rings. The van der Waals surface area contributed by atoms with Gasteiger partial charge < -0.3 is 15.4 Å². The Bertz CT molecular complexity index is 730. The molecule has 1 saturated heterocycles. The van der Waals surface area contributed by atoms with Crippen molar-refractivity contribution in [1.29, 1.82) is 0 Å². The molecule has 25 heavy (non-hydrogen) atoms. The zero-order chi connectivity index (χ0) is 17.3. The van der Waals surface area contributed by atoms with Crippen LogP contribution in [0.4, 0.5) is 0 Å². The number of methoxy groups -OCH3 is 1. The van der Waals surface area contributed by atoms with E-state index in [4.69, 9.17) is 10.5 Å². The third kappa shape index (κ3) is 4.00. The standard InChI is InChI=1S/C19H24N2O2S.ClH/c1-19(2)12-21(10-9-16(19)20)18(22)17-14(23-3)11-15(24-17)13-7-5-4-6-8-13;/h4-8,11,16H,9-10,12,20H2,1-3H3;1H. The highest BCUT2D eigenvalue weighted by atomic mass is 35.5. The van der Waals surface area contributed by atoms with Gasteiger partial charge in [-0.1, -0.05) is 44.2 Å². The van der Waals surface area contributed by atoms with Crippen molar-refractivity contribution in [3.63, 3.8) is 0 Å². The fourth-order valence-electron chi connectivity index (χ4n) is 3.11. The van der Waals surface area contributed by atoms with Crippen molar-refractivity contribution >= 4 is 29.7 Å². The van der Waals surface area contributed by atoms with E-state index in [-0.39, 0.29) is 29.8 Å². The largest absolute Gasteiger partial charge is 0.495 e. The Morgan fingerprint density at radius 1 is 1.32 bits per heavy atom. The molecule has 0 bridgehead atoms. The Labute approximate surface area is 159 Å². The summed E-state index contributed by atoms with van der Waals surface area (Å²) in [7, 11) is 1.61. The second-order valence-electron chi connectivity index (χ2n) is 6.98. The van der Waals surface area contributed by atoms with Crippen molar-refractivity contribution in [1.82, 2.24) is 4.90 Å². The molecule has 1 aromatic carbocycles. The molecule has 4 nitrogen and oxygen atoms in total. The van der Waals surface area contributed by atoms with Gasteiger partial charge in [-0.2, -0.15) is 0 Å². The highest BCUT2D eigenvalue weighted by molar-refractivity contribution is 7.17. The number of rotatable bonds is 3. The molecule has 2 heterocycles. The van der Waals surface area contributed by atoms with Crippen LogP contribution < -0.4 is 10.5 Å².